The lowest BCUT2D eigenvalue weighted by Crippen LogP contribution is -2.32. The Labute approximate surface area is 200 Å². The van der Waals surface area contributed by atoms with Crippen molar-refractivity contribution in [2.75, 3.05) is 17.3 Å². The minimum absolute atomic E-state index is 0.133. The number of ether oxygens (including phenoxy) is 1. The SMILES string of the molecule is COc1ccccc1NC1=C(Sc2ccc(C)cc2)C(=O)N(c2cccc(Cl)c2Cl)C1=O. The lowest BCUT2D eigenvalue weighted by atomic mass is 10.2. The fraction of sp³-hybridized carbons (Fsp3) is 0.0833. The highest BCUT2D eigenvalue weighted by molar-refractivity contribution is 8.04. The maximum absolute atomic E-state index is 13.5. The van der Waals surface area contributed by atoms with Crippen LogP contribution in [0.15, 0.2) is 82.2 Å². The first-order valence-corrected chi connectivity index (χ1v) is 11.2. The summed E-state index contributed by atoms with van der Waals surface area (Å²) in [4.78, 5) is 29.0. The molecule has 8 heteroatoms. The Bertz CT molecular complexity index is 1240. The Morgan fingerprint density at radius 2 is 1.62 bits per heavy atom. The molecule has 0 saturated carbocycles. The minimum Gasteiger partial charge on any atom is -0.495 e. The van der Waals surface area contributed by atoms with Crippen LogP contribution in [0.5, 0.6) is 5.75 Å². The molecule has 0 atom stereocenters. The first kappa shape index (κ1) is 22.3. The highest BCUT2D eigenvalue weighted by Crippen LogP contribution is 2.42. The fourth-order valence-electron chi connectivity index (χ4n) is 3.21. The quantitative estimate of drug-likeness (QED) is 0.416. The molecule has 4 rings (SSSR count). The monoisotopic (exact) mass is 484 g/mol. The number of thioether (sulfide) groups is 1. The second kappa shape index (κ2) is 9.28. The number of hydrogen-bond acceptors (Lipinski definition) is 5. The van der Waals surface area contributed by atoms with E-state index in [1.54, 1.807) is 30.3 Å². The van der Waals surface area contributed by atoms with Gasteiger partial charge < -0.3 is 10.1 Å². The molecular weight excluding hydrogens is 467 g/mol. The Balaban J connectivity index is 1.80. The number of imide groups is 1. The summed E-state index contributed by atoms with van der Waals surface area (Å²) in [5.41, 5.74) is 2.03. The molecule has 0 spiro atoms. The summed E-state index contributed by atoms with van der Waals surface area (Å²) in [5, 5.41) is 3.49. The van der Waals surface area contributed by atoms with Gasteiger partial charge in [0.25, 0.3) is 11.8 Å². The van der Waals surface area contributed by atoms with Crippen LogP contribution in [-0.2, 0) is 9.59 Å². The highest BCUT2D eigenvalue weighted by Gasteiger charge is 2.41. The van der Waals surface area contributed by atoms with Crippen molar-refractivity contribution in [2.24, 2.45) is 0 Å². The number of methoxy groups -OCH3 is 1. The van der Waals surface area contributed by atoms with Crippen LogP contribution >= 0.6 is 35.0 Å². The van der Waals surface area contributed by atoms with Crippen LogP contribution in [0.3, 0.4) is 0 Å². The average molecular weight is 485 g/mol. The second-order valence-electron chi connectivity index (χ2n) is 6.96. The number of carbonyl (C=O) groups is 2. The van der Waals surface area contributed by atoms with Crippen LogP contribution in [0.1, 0.15) is 5.56 Å². The Kier molecular flexibility index (Phi) is 6.46. The zero-order valence-corrected chi connectivity index (χ0v) is 19.5. The van der Waals surface area contributed by atoms with E-state index in [-0.39, 0.29) is 26.3 Å². The van der Waals surface area contributed by atoms with Crippen molar-refractivity contribution in [1.82, 2.24) is 0 Å². The topological polar surface area (TPSA) is 58.6 Å². The average Bonchev–Trinajstić information content (AvgIpc) is 3.01. The van der Waals surface area contributed by atoms with Crippen LogP contribution < -0.4 is 15.0 Å². The number of halogens is 2. The van der Waals surface area contributed by atoms with Crippen molar-refractivity contribution in [1.29, 1.82) is 0 Å². The standard InChI is InChI=1S/C24H18Cl2N2O3S/c1-14-10-12-15(13-11-14)32-22-21(27-17-7-3-4-9-19(17)31-2)23(29)28(24(22)30)18-8-5-6-16(25)20(18)26/h3-13,27H,1-2H3. The van der Waals surface area contributed by atoms with Gasteiger partial charge in [-0.1, -0.05) is 70.9 Å². The number of anilines is 2. The van der Waals surface area contributed by atoms with E-state index in [2.05, 4.69) is 5.32 Å². The van der Waals surface area contributed by atoms with E-state index in [4.69, 9.17) is 27.9 Å². The molecule has 0 aromatic heterocycles. The number of nitrogens with one attached hydrogen (secondary N) is 1. The van der Waals surface area contributed by atoms with Crippen molar-refractivity contribution >= 4 is 58.2 Å². The highest BCUT2D eigenvalue weighted by atomic mass is 35.5. The molecule has 0 radical (unpaired) electrons. The first-order chi connectivity index (χ1) is 15.4. The third-order valence-corrected chi connectivity index (χ3v) is 6.72. The molecular formula is C24H18Cl2N2O3S. The molecule has 0 aliphatic carbocycles. The number of nitrogens with zero attached hydrogens (tertiary/aromatic N) is 1. The van der Waals surface area contributed by atoms with Gasteiger partial charge in [-0.25, -0.2) is 4.90 Å². The number of carbonyl (C=O) groups excluding carboxylic acids is 2. The second-order valence-corrected chi connectivity index (χ2v) is 8.83. The summed E-state index contributed by atoms with van der Waals surface area (Å²) in [6.45, 7) is 1.98. The zero-order chi connectivity index (χ0) is 22.8. The van der Waals surface area contributed by atoms with E-state index in [9.17, 15) is 9.59 Å². The summed E-state index contributed by atoms with van der Waals surface area (Å²) < 4.78 is 5.39. The lowest BCUT2D eigenvalue weighted by Gasteiger charge is -2.17. The molecule has 5 nitrogen and oxygen atoms in total. The fourth-order valence-corrected chi connectivity index (χ4v) is 4.51. The lowest BCUT2D eigenvalue weighted by molar-refractivity contribution is -0.120. The normalized spacial score (nSPS) is 13.7. The van der Waals surface area contributed by atoms with Gasteiger partial charge in [0.05, 0.1) is 28.5 Å². The molecule has 0 unspecified atom stereocenters. The van der Waals surface area contributed by atoms with Crippen LogP contribution in [0.4, 0.5) is 11.4 Å². The van der Waals surface area contributed by atoms with Gasteiger partial charge in [0.15, 0.2) is 0 Å². The molecule has 0 fully saturated rings. The maximum atomic E-state index is 13.5. The Hall–Kier alpha value is -2.93. The van der Waals surface area contributed by atoms with Gasteiger partial charge in [-0.05, 0) is 43.3 Å². The minimum atomic E-state index is -0.528. The molecule has 3 aromatic rings. The molecule has 3 aromatic carbocycles. The van der Waals surface area contributed by atoms with Crippen molar-refractivity contribution in [3.63, 3.8) is 0 Å². The van der Waals surface area contributed by atoms with E-state index in [1.165, 1.54) is 18.9 Å². The smallest absolute Gasteiger partial charge is 0.283 e. The number of hydrogen-bond donors (Lipinski definition) is 1. The Morgan fingerprint density at radius 1 is 0.906 bits per heavy atom. The molecule has 32 heavy (non-hydrogen) atoms. The summed E-state index contributed by atoms with van der Waals surface area (Å²) in [6.07, 6.45) is 0. The summed E-state index contributed by atoms with van der Waals surface area (Å²) in [5.74, 6) is -0.471. The molecule has 162 valence electrons. The van der Waals surface area contributed by atoms with Gasteiger partial charge in [0, 0.05) is 4.90 Å². The van der Waals surface area contributed by atoms with E-state index in [0.29, 0.717) is 11.4 Å². The summed E-state index contributed by atoms with van der Waals surface area (Å²) >= 11 is 13.7. The van der Waals surface area contributed by atoms with E-state index in [0.717, 1.165) is 15.4 Å². The zero-order valence-electron chi connectivity index (χ0n) is 17.2. The van der Waals surface area contributed by atoms with Gasteiger partial charge in [0.1, 0.15) is 16.4 Å². The maximum Gasteiger partial charge on any atom is 0.283 e. The number of para-hydroxylation sites is 2. The number of amides is 2. The number of aryl methyl sites for hydroxylation is 1. The van der Waals surface area contributed by atoms with E-state index < -0.39 is 11.8 Å². The molecule has 1 N–H and O–H groups in total. The van der Waals surface area contributed by atoms with E-state index in [1.807, 2.05) is 43.3 Å². The van der Waals surface area contributed by atoms with Gasteiger partial charge in [-0.15, -0.1) is 0 Å². The summed E-state index contributed by atoms with van der Waals surface area (Å²) in [6, 6.07) is 19.7. The molecule has 1 aliphatic rings. The Morgan fingerprint density at radius 3 is 2.34 bits per heavy atom. The van der Waals surface area contributed by atoms with Crippen LogP contribution in [0, 0.1) is 6.92 Å². The van der Waals surface area contributed by atoms with Crippen LogP contribution in [0.2, 0.25) is 10.0 Å². The third-order valence-electron chi connectivity index (χ3n) is 4.82. The summed E-state index contributed by atoms with van der Waals surface area (Å²) in [7, 11) is 1.54. The van der Waals surface area contributed by atoms with Gasteiger partial charge in [0.2, 0.25) is 0 Å². The van der Waals surface area contributed by atoms with Gasteiger partial charge >= 0.3 is 0 Å². The van der Waals surface area contributed by atoms with Gasteiger partial charge in [-0.2, -0.15) is 0 Å². The van der Waals surface area contributed by atoms with Crippen molar-refractivity contribution in [3.05, 3.63) is 92.9 Å². The van der Waals surface area contributed by atoms with Crippen molar-refractivity contribution in [2.45, 2.75) is 11.8 Å². The molecule has 0 bridgehead atoms. The molecule has 2 amide bonds. The van der Waals surface area contributed by atoms with Crippen LogP contribution in [-0.4, -0.2) is 18.9 Å². The van der Waals surface area contributed by atoms with Crippen molar-refractivity contribution < 1.29 is 14.3 Å². The number of rotatable bonds is 6. The van der Waals surface area contributed by atoms with E-state index >= 15 is 0 Å². The largest absolute Gasteiger partial charge is 0.495 e. The molecule has 1 aliphatic heterocycles. The number of benzene rings is 3. The van der Waals surface area contributed by atoms with Gasteiger partial charge in [-0.3, -0.25) is 9.59 Å². The predicted molar refractivity (Wildman–Crippen MR) is 130 cm³/mol. The predicted octanol–water partition coefficient (Wildman–Crippen LogP) is 6.30. The van der Waals surface area contributed by atoms with Crippen molar-refractivity contribution in [3.8, 4) is 5.75 Å². The molecule has 0 saturated heterocycles. The first-order valence-electron chi connectivity index (χ1n) is 9.62. The van der Waals surface area contributed by atoms with Crippen LogP contribution in [0.25, 0.3) is 0 Å². The molecule has 1 heterocycles. The third kappa shape index (κ3) is 4.21.